The zero-order valence-corrected chi connectivity index (χ0v) is 14.3. The van der Waals surface area contributed by atoms with Crippen LogP contribution in [0.15, 0.2) is 56.8 Å². The number of carbonyl (C=O) groups is 1. The summed E-state index contributed by atoms with van der Waals surface area (Å²) in [5.41, 5.74) is 3.49. The van der Waals surface area contributed by atoms with E-state index in [9.17, 15) is 19.8 Å². The van der Waals surface area contributed by atoms with E-state index in [1.807, 2.05) is 0 Å². The maximum Gasteiger partial charge on any atom is 0.336 e. The molecule has 2 aromatic carbocycles. The molecule has 0 saturated heterocycles. The molecule has 0 aliphatic carbocycles. The van der Waals surface area contributed by atoms with Gasteiger partial charge in [-0.2, -0.15) is 5.10 Å². The van der Waals surface area contributed by atoms with Crippen molar-refractivity contribution in [3.63, 3.8) is 0 Å². The van der Waals surface area contributed by atoms with Crippen molar-refractivity contribution in [2.24, 2.45) is 5.10 Å². The van der Waals surface area contributed by atoms with Crippen LogP contribution < -0.4 is 15.8 Å². The lowest BCUT2D eigenvalue weighted by atomic mass is 10.1. The number of carbonyl (C=O) groups excluding carboxylic acids is 1. The number of rotatable bonds is 5. The summed E-state index contributed by atoms with van der Waals surface area (Å²) in [6.45, 7) is 1.51. The highest BCUT2D eigenvalue weighted by Gasteiger charge is 2.06. The quantitative estimate of drug-likeness (QED) is 0.274. The summed E-state index contributed by atoms with van der Waals surface area (Å²) in [6, 6.07) is 10.5. The van der Waals surface area contributed by atoms with Gasteiger partial charge in [-0.15, -0.1) is 0 Å². The second-order valence-corrected chi connectivity index (χ2v) is 5.74. The zero-order valence-electron chi connectivity index (χ0n) is 14.3. The Labute approximate surface area is 153 Å². The Kier molecular flexibility index (Phi) is 5.07. The van der Waals surface area contributed by atoms with E-state index in [2.05, 4.69) is 10.5 Å². The van der Waals surface area contributed by atoms with Gasteiger partial charge in [0, 0.05) is 17.5 Å². The van der Waals surface area contributed by atoms with Crippen molar-refractivity contribution in [1.29, 1.82) is 0 Å². The molecule has 138 valence electrons. The molecule has 1 amide bonds. The molecule has 3 N–H and O–H groups in total. The molecular formula is C19H16N2O6. The maximum absolute atomic E-state index is 11.8. The minimum atomic E-state index is -0.500. The smallest absolute Gasteiger partial charge is 0.336 e. The van der Waals surface area contributed by atoms with Crippen LogP contribution in [0.4, 0.5) is 0 Å². The number of aryl methyl sites for hydroxylation is 1. The van der Waals surface area contributed by atoms with Gasteiger partial charge in [0.05, 0.1) is 6.21 Å². The maximum atomic E-state index is 11.8. The van der Waals surface area contributed by atoms with Crippen molar-refractivity contribution < 1.29 is 24.2 Å². The van der Waals surface area contributed by atoms with Gasteiger partial charge >= 0.3 is 5.63 Å². The van der Waals surface area contributed by atoms with Crippen LogP contribution in [0.25, 0.3) is 11.0 Å². The van der Waals surface area contributed by atoms with Gasteiger partial charge in [-0.05, 0) is 48.4 Å². The highest BCUT2D eigenvalue weighted by Crippen LogP contribution is 2.24. The molecule has 0 fully saturated rings. The fraction of sp³-hybridized carbons (Fsp3) is 0.105. The van der Waals surface area contributed by atoms with Crippen LogP contribution in [0.3, 0.4) is 0 Å². The Morgan fingerprint density at radius 2 is 2.00 bits per heavy atom. The van der Waals surface area contributed by atoms with Crippen molar-refractivity contribution in [3.8, 4) is 17.2 Å². The molecule has 8 nitrogen and oxygen atoms in total. The minimum absolute atomic E-state index is 0.244. The number of ether oxygens (including phenoxy) is 1. The van der Waals surface area contributed by atoms with Gasteiger partial charge in [-0.1, -0.05) is 0 Å². The SMILES string of the molecule is Cc1cc(=O)oc2cc(OCC(=O)NN=Cc3ccc(O)c(O)c3)ccc12. The van der Waals surface area contributed by atoms with E-state index in [4.69, 9.17) is 9.15 Å². The predicted octanol–water partition coefficient (Wildman–Crippen LogP) is 2.04. The van der Waals surface area contributed by atoms with Gasteiger partial charge < -0.3 is 19.4 Å². The average molecular weight is 368 g/mol. The Morgan fingerprint density at radius 3 is 2.78 bits per heavy atom. The van der Waals surface area contributed by atoms with Crippen LogP contribution in [0.5, 0.6) is 17.2 Å². The summed E-state index contributed by atoms with van der Waals surface area (Å²) < 4.78 is 10.5. The third-order valence-electron chi connectivity index (χ3n) is 3.70. The lowest BCUT2D eigenvalue weighted by molar-refractivity contribution is -0.123. The monoisotopic (exact) mass is 368 g/mol. The Hall–Kier alpha value is -3.81. The standard InChI is InChI=1S/C19H16N2O6/c1-11-6-19(25)27-17-8-13(3-4-14(11)17)26-10-18(24)21-20-9-12-2-5-15(22)16(23)7-12/h2-9,22-23H,10H2,1H3,(H,21,24). The van der Waals surface area contributed by atoms with E-state index >= 15 is 0 Å². The molecule has 3 aromatic rings. The third kappa shape index (κ3) is 4.43. The molecule has 0 radical (unpaired) electrons. The first-order valence-electron chi connectivity index (χ1n) is 7.93. The zero-order chi connectivity index (χ0) is 19.4. The number of nitrogens with zero attached hydrogens (tertiary/aromatic N) is 1. The first kappa shape index (κ1) is 18.0. The van der Waals surface area contributed by atoms with E-state index in [0.717, 1.165) is 10.9 Å². The minimum Gasteiger partial charge on any atom is -0.504 e. The van der Waals surface area contributed by atoms with Crippen molar-refractivity contribution in [3.05, 3.63) is 64.0 Å². The molecule has 1 heterocycles. The Morgan fingerprint density at radius 1 is 1.19 bits per heavy atom. The molecule has 3 rings (SSSR count). The van der Waals surface area contributed by atoms with Crippen molar-refractivity contribution in [2.75, 3.05) is 6.61 Å². The first-order valence-corrected chi connectivity index (χ1v) is 7.93. The molecule has 0 spiro atoms. The normalized spacial score (nSPS) is 11.0. The van der Waals surface area contributed by atoms with Crippen LogP contribution in [-0.2, 0) is 4.79 Å². The van der Waals surface area contributed by atoms with Crippen LogP contribution in [0.1, 0.15) is 11.1 Å². The molecule has 27 heavy (non-hydrogen) atoms. The van der Waals surface area contributed by atoms with Crippen molar-refractivity contribution in [2.45, 2.75) is 6.92 Å². The van der Waals surface area contributed by atoms with E-state index in [1.54, 1.807) is 25.1 Å². The third-order valence-corrected chi connectivity index (χ3v) is 3.70. The highest BCUT2D eigenvalue weighted by molar-refractivity contribution is 5.84. The summed E-state index contributed by atoms with van der Waals surface area (Å²) in [7, 11) is 0. The Bertz CT molecular complexity index is 1090. The molecule has 8 heteroatoms. The molecule has 0 aliphatic rings. The molecule has 0 bridgehead atoms. The number of fused-ring (bicyclic) bond motifs is 1. The molecule has 0 saturated carbocycles. The van der Waals surface area contributed by atoms with Crippen LogP contribution in [0, 0.1) is 6.92 Å². The summed E-state index contributed by atoms with van der Waals surface area (Å²) >= 11 is 0. The largest absolute Gasteiger partial charge is 0.504 e. The number of hydrazone groups is 1. The second kappa shape index (κ2) is 7.61. The van der Waals surface area contributed by atoms with E-state index in [1.165, 1.54) is 30.5 Å². The topological polar surface area (TPSA) is 121 Å². The van der Waals surface area contributed by atoms with Gasteiger partial charge in [0.25, 0.3) is 5.91 Å². The van der Waals surface area contributed by atoms with Crippen molar-refractivity contribution >= 4 is 23.1 Å². The van der Waals surface area contributed by atoms with Gasteiger partial charge in [-0.3, -0.25) is 4.79 Å². The number of phenolic OH excluding ortho intramolecular Hbond substituents is 2. The Balaban J connectivity index is 1.58. The molecular weight excluding hydrogens is 352 g/mol. The first-order chi connectivity index (χ1) is 12.9. The fourth-order valence-corrected chi connectivity index (χ4v) is 2.38. The molecule has 0 atom stereocenters. The predicted molar refractivity (Wildman–Crippen MR) is 98.2 cm³/mol. The highest BCUT2D eigenvalue weighted by atomic mass is 16.5. The van der Waals surface area contributed by atoms with E-state index < -0.39 is 11.5 Å². The summed E-state index contributed by atoms with van der Waals surface area (Å²) in [6.07, 6.45) is 1.31. The number of benzene rings is 2. The number of hydrogen-bond acceptors (Lipinski definition) is 7. The lowest BCUT2D eigenvalue weighted by Gasteiger charge is -2.06. The summed E-state index contributed by atoms with van der Waals surface area (Å²) in [5.74, 6) is -0.656. The number of aromatic hydroxyl groups is 2. The number of hydrogen-bond donors (Lipinski definition) is 3. The fourth-order valence-electron chi connectivity index (χ4n) is 2.38. The van der Waals surface area contributed by atoms with E-state index in [-0.39, 0.29) is 18.1 Å². The molecule has 1 aromatic heterocycles. The van der Waals surface area contributed by atoms with Gasteiger partial charge in [-0.25, -0.2) is 10.2 Å². The van der Waals surface area contributed by atoms with Crippen LogP contribution >= 0.6 is 0 Å². The van der Waals surface area contributed by atoms with Crippen molar-refractivity contribution in [1.82, 2.24) is 5.43 Å². The van der Waals surface area contributed by atoms with Crippen LogP contribution in [-0.4, -0.2) is 28.9 Å². The van der Waals surface area contributed by atoms with Crippen LogP contribution in [0.2, 0.25) is 0 Å². The number of nitrogens with one attached hydrogen (secondary N) is 1. The summed E-state index contributed by atoms with van der Waals surface area (Å²) in [5, 5.41) is 23.1. The second-order valence-electron chi connectivity index (χ2n) is 5.74. The van der Waals surface area contributed by atoms with Gasteiger partial charge in [0.1, 0.15) is 11.3 Å². The van der Waals surface area contributed by atoms with Gasteiger partial charge in [0.2, 0.25) is 0 Å². The average Bonchev–Trinajstić information content (AvgIpc) is 2.62. The number of amides is 1. The van der Waals surface area contributed by atoms with E-state index in [0.29, 0.717) is 16.9 Å². The van der Waals surface area contributed by atoms with Gasteiger partial charge in [0.15, 0.2) is 18.1 Å². The lowest BCUT2D eigenvalue weighted by Crippen LogP contribution is -2.24. The molecule has 0 unspecified atom stereocenters. The number of phenols is 2. The molecule has 0 aliphatic heterocycles. The summed E-state index contributed by atoms with van der Waals surface area (Å²) in [4.78, 5) is 23.2.